The Morgan fingerprint density at radius 1 is 1.35 bits per heavy atom. The summed E-state index contributed by atoms with van der Waals surface area (Å²) >= 11 is 15.5. The molecule has 0 spiro atoms. The molecule has 3 aromatic rings. The largest absolute Gasteiger partial charge is 0.462 e. The molecule has 1 N–H and O–H groups in total. The Kier molecular flexibility index (Phi) is 5.65. The average molecular weight is 458 g/mol. The molecule has 0 unspecified atom stereocenters. The third-order valence-electron chi connectivity index (χ3n) is 3.62. The molecule has 8 heteroatoms. The van der Waals surface area contributed by atoms with Crippen molar-refractivity contribution in [3.05, 3.63) is 62.4 Å². The van der Waals surface area contributed by atoms with Gasteiger partial charge in [-0.25, -0.2) is 9.18 Å². The molecule has 0 amide bonds. The van der Waals surface area contributed by atoms with Gasteiger partial charge in [0.25, 0.3) is 0 Å². The number of benzene rings is 2. The number of anilines is 2. The topological polar surface area (TPSA) is 51.2 Å². The molecule has 0 aliphatic rings. The Morgan fingerprint density at radius 2 is 2.12 bits per heavy atom. The molecule has 0 saturated heterocycles. The van der Waals surface area contributed by atoms with Gasteiger partial charge < -0.3 is 10.1 Å². The van der Waals surface area contributed by atoms with Crippen molar-refractivity contribution in [2.75, 3.05) is 11.9 Å². The third kappa shape index (κ3) is 3.63. The lowest BCUT2D eigenvalue weighted by Crippen LogP contribution is -2.09. The number of nitrogens with zero attached hydrogens (tertiary/aromatic N) is 1. The fourth-order valence-electron chi connectivity index (χ4n) is 2.42. The van der Waals surface area contributed by atoms with Gasteiger partial charge in [0.15, 0.2) is 0 Å². The van der Waals surface area contributed by atoms with Crippen LogP contribution in [0.4, 0.5) is 15.8 Å². The molecular formula is C18H12BrCl2FN2O2. The highest BCUT2D eigenvalue weighted by Crippen LogP contribution is 2.36. The molecule has 0 aliphatic carbocycles. The molecule has 0 radical (unpaired) electrons. The number of carbonyl (C=O) groups is 1. The predicted octanol–water partition coefficient (Wildman–Crippen LogP) is 6.36. The molecule has 3 rings (SSSR count). The lowest BCUT2D eigenvalue weighted by molar-refractivity contribution is 0.0527. The van der Waals surface area contributed by atoms with Gasteiger partial charge in [0, 0.05) is 17.6 Å². The van der Waals surface area contributed by atoms with Crippen molar-refractivity contribution in [3.8, 4) is 0 Å². The highest BCUT2D eigenvalue weighted by Gasteiger charge is 2.19. The van der Waals surface area contributed by atoms with Crippen molar-refractivity contribution < 1.29 is 13.9 Å². The van der Waals surface area contributed by atoms with Crippen LogP contribution in [0.5, 0.6) is 0 Å². The monoisotopic (exact) mass is 456 g/mol. The molecule has 4 nitrogen and oxygen atoms in total. The van der Waals surface area contributed by atoms with E-state index in [9.17, 15) is 9.18 Å². The van der Waals surface area contributed by atoms with Gasteiger partial charge in [0.05, 0.1) is 38.0 Å². The Balaban J connectivity index is 2.24. The Bertz CT molecular complexity index is 1010. The standard InChI is InChI=1S/C18H12BrCl2FN2O2/c1-2-26-18(25)10-8-23-15-7-13(22)11(19)6-9(15)17(10)24-14-5-3-4-12(20)16(14)21/h3-8H,2H2,1H3,(H,23,24). The summed E-state index contributed by atoms with van der Waals surface area (Å²) in [5, 5.41) is 4.30. The maximum atomic E-state index is 13.9. The molecule has 0 saturated carbocycles. The molecule has 134 valence electrons. The Hall–Kier alpha value is -1.89. The van der Waals surface area contributed by atoms with E-state index in [-0.39, 0.29) is 16.6 Å². The van der Waals surface area contributed by atoms with Crippen LogP contribution in [0.1, 0.15) is 17.3 Å². The van der Waals surface area contributed by atoms with Crippen molar-refractivity contribution in [2.45, 2.75) is 6.92 Å². The van der Waals surface area contributed by atoms with E-state index in [1.54, 1.807) is 31.2 Å². The van der Waals surface area contributed by atoms with Crippen molar-refractivity contribution in [1.82, 2.24) is 4.98 Å². The van der Waals surface area contributed by atoms with Gasteiger partial charge in [-0.05, 0) is 41.1 Å². The molecule has 0 bridgehead atoms. The van der Waals surface area contributed by atoms with Crippen molar-refractivity contribution in [1.29, 1.82) is 0 Å². The fourth-order valence-corrected chi connectivity index (χ4v) is 3.11. The van der Waals surface area contributed by atoms with Gasteiger partial charge in [-0.15, -0.1) is 0 Å². The number of carbonyl (C=O) groups excluding carboxylic acids is 1. The van der Waals surface area contributed by atoms with Crippen molar-refractivity contribution in [2.24, 2.45) is 0 Å². The van der Waals surface area contributed by atoms with E-state index >= 15 is 0 Å². The molecular weight excluding hydrogens is 446 g/mol. The summed E-state index contributed by atoms with van der Waals surface area (Å²) in [6, 6.07) is 7.91. The highest BCUT2D eigenvalue weighted by atomic mass is 79.9. The van der Waals surface area contributed by atoms with Crippen LogP contribution in [0.2, 0.25) is 10.0 Å². The fraction of sp³-hybridized carbons (Fsp3) is 0.111. The number of hydrogen-bond donors (Lipinski definition) is 1. The van der Waals surface area contributed by atoms with Crippen LogP contribution in [0, 0.1) is 5.82 Å². The first-order chi connectivity index (χ1) is 12.4. The summed E-state index contributed by atoms with van der Waals surface area (Å²) in [5.74, 6) is -1.01. The average Bonchev–Trinajstić information content (AvgIpc) is 2.60. The zero-order valence-corrected chi connectivity index (χ0v) is 16.5. The molecule has 0 aliphatic heterocycles. The number of pyridine rings is 1. The number of esters is 1. The minimum Gasteiger partial charge on any atom is -0.462 e. The first-order valence-corrected chi connectivity index (χ1v) is 9.13. The van der Waals surface area contributed by atoms with Crippen LogP contribution in [0.25, 0.3) is 10.9 Å². The summed E-state index contributed by atoms with van der Waals surface area (Å²) in [6.07, 6.45) is 1.34. The van der Waals surface area contributed by atoms with Gasteiger partial charge >= 0.3 is 5.97 Å². The van der Waals surface area contributed by atoms with E-state index in [0.717, 1.165) is 0 Å². The van der Waals surface area contributed by atoms with Gasteiger partial charge in [-0.3, -0.25) is 4.98 Å². The molecule has 0 atom stereocenters. The van der Waals surface area contributed by atoms with E-state index in [1.165, 1.54) is 12.3 Å². The minimum absolute atomic E-state index is 0.203. The van der Waals surface area contributed by atoms with E-state index in [2.05, 4.69) is 26.2 Å². The quantitative estimate of drug-likeness (QED) is 0.463. The van der Waals surface area contributed by atoms with Crippen LogP contribution < -0.4 is 5.32 Å². The maximum Gasteiger partial charge on any atom is 0.341 e. The lowest BCUT2D eigenvalue weighted by Gasteiger charge is -2.16. The van der Waals surface area contributed by atoms with Crippen molar-refractivity contribution in [3.63, 3.8) is 0 Å². The van der Waals surface area contributed by atoms with E-state index < -0.39 is 11.8 Å². The second-order valence-electron chi connectivity index (χ2n) is 5.28. The number of halogens is 4. The van der Waals surface area contributed by atoms with E-state index in [4.69, 9.17) is 27.9 Å². The SMILES string of the molecule is CCOC(=O)c1cnc2cc(F)c(Br)cc2c1Nc1cccc(Cl)c1Cl. The van der Waals surface area contributed by atoms with Crippen LogP contribution >= 0.6 is 39.1 Å². The summed E-state index contributed by atoms with van der Waals surface area (Å²) in [5.41, 5.74) is 1.48. The number of fused-ring (bicyclic) bond motifs is 1. The molecule has 26 heavy (non-hydrogen) atoms. The number of nitrogens with one attached hydrogen (secondary N) is 1. The first kappa shape index (κ1) is 18.9. The second kappa shape index (κ2) is 7.78. The molecule has 0 fully saturated rings. The summed E-state index contributed by atoms with van der Waals surface area (Å²) in [7, 11) is 0. The van der Waals surface area contributed by atoms with E-state index in [1.807, 2.05) is 0 Å². The zero-order chi connectivity index (χ0) is 18.8. The molecule has 1 aromatic heterocycles. The normalized spacial score (nSPS) is 10.8. The summed E-state index contributed by atoms with van der Waals surface area (Å²) in [6.45, 7) is 1.92. The van der Waals surface area contributed by atoms with Crippen LogP contribution in [-0.2, 0) is 4.74 Å². The zero-order valence-electron chi connectivity index (χ0n) is 13.4. The third-order valence-corrected chi connectivity index (χ3v) is 5.04. The lowest BCUT2D eigenvalue weighted by atomic mass is 10.1. The predicted molar refractivity (Wildman–Crippen MR) is 105 cm³/mol. The van der Waals surface area contributed by atoms with E-state index in [0.29, 0.717) is 32.3 Å². The maximum absolute atomic E-state index is 13.9. The van der Waals surface area contributed by atoms with Gasteiger partial charge in [0.2, 0.25) is 0 Å². The van der Waals surface area contributed by atoms with Gasteiger partial charge in [0.1, 0.15) is 11.4 Å². The van der Waals surface area contributed by atoms with Gasteiger partial charge in [-0.2, -0.15) is 0 Å². The Morgan fingerprint density at radius 3 is 2.85 bits per heavy atom. The van der Waals surface area contributed by atoms with Crippen LogP contribution in [0.15, 0.2) is 41.0 Å². The first-order valence-electron chi connectivity index (χ1n) is 7.58. The van der Waals surface area contributed by atoms with Crippen LogP contribution in [-0.4, -0.2) is 17.6 Å². The van der Waals surface area contributed by atoms with Gasteiger partial charge in [-0.1, -0.05) is 29.3 Å². The molecule has 1 heterocycles. The highest BCUT2D eigenvalue weighted by molar-refractivity contribution is 9.10. The minimum atomic E-state index is -0.553. The van der Waals surface area contributed by atoms with Crippen molar-refractivity contribution >= 4 is 67.4 Å². The molecule has 2 aromatic carbocycles. The van der Waals surface area contributed by atoms with Crippen LogP contribution in [0.3, 0.4) is 0 Å². The number of rotatable bonds is 4. The Labute approximate surface area is 167 Å². The summed E-state index contributed by atoms with van der Waals surface area (Å²) in [4.78, 5) is 16.5. The summed E-state index contributed by atoms with van der Waals surface area (Å²) < 4.78 is 19.2. The number of aromatic nitrogens is 1. The smallest absolute Gasteiger partial charge is 0.341 e. The second-order valence-corrected chi connectivity index (χ2v) is 6.92. The number of hydrogen-bond acceptors (Lipinski definition) is 4. The number of ether oxygens (including phenoxy) is 1.